The molecule has 0 saturated heterocycles. The van der Waals surface area contributed by atoms with E-state index in [1.165, 1.54) is 0 Å². The van der Waals surface area contributed by atoms with E-state index in [4.69, 9.17) is 9.47 Å². The number of ether oxygens (including phenoxy) is 2. The third-order valence-corrected chi connectivity index (χ3v) is 1.85. The van der Waals surface area contributed by atoms with E-state index in [1.54, 1.807) is 6.20 Å². The Bertz CT molecular complexity index is 375. The molecule has 0 N–H and O–H groups in total. The first-order chi connectivity index (χ1) is 7.78. The molecule has 0 fully saturated rings. The predicted octanol–water partition coefficient (Wildman–Crippen LogP) is 0.947. The predicted molar refractivity (Wildman–Crippen MR) is 70.9 cm³/mol. The molecule has 0 aliphatic rings. The molecule has 0 atom stereocenters. The van der Waals surface area contributed by atoms with Gasteiger partial charge in [0.2, 0.25) is 5.88 Å². The van der Waals surface area contributed by atoms with Crippen LogP contribution in [0.4, 0.5) is 0 Å². The van der Waals surface area contributed by atoms with E-state index in [2.05, 4.69) is 23.8 Å². The largest absolute Gasteiger partial charge is 0.478 e. The highest BCUT2D eigenvalue weighted by molar-refractivity contribution is 6.33. The second-order valence-electron chi connectivity index (χ2n) is 5.56. The molecule has 17 heavy (non-hydrogen) atoms. The molecule has 0 saturated carbocycles. The van der Waals surface area contributed by atoms with E-state index in [9.17, 15) is 0 Å². The number of hydrogen-bond acceptors (Lipinski definition) is 4. The summed E-state index contributed by atoms with van der Waals surface area (Å²) in [4.78, 5) is 8.41. The quantitative estimate of drug-likeness (QED) is 0.730. The lowest BCUT2D eigenvalue weighted by Crippen LogP contribution is -2.25. The maximum absolute atomic E-state index is 5.62. The monoisotopic (exact) mass is 236 g/mol. The van der Waals surface area contributed by atoms with Gasteiger partial charge in [-0.25, -0.2) is 4.98 Å². The van der Waals surface area contributed by atoms with Crippen LogP contribution in [0.2, 0.25) is 0 Å². The number of aromatic nitrogens is 2. The first-order valence-electron chi connectivity index (χ1n) is 5.93. The maximum atomic E-state index is 5.62. The van der Waals surface area contributed by atoms with Crippen LogP contribution in [0.5, 0.6) is 11.9 Å². The molecule has 0 amide bonds. The van der Waals surface area contributed by atoms with Crippen LogP contribution in [0.15, 0.2) is 6.20 Å². The third kappa shape index (κ3) is 5.07. The summed E-state index contributed by atoms with van der Waals surface area (Å²) in [5.74, 6) is 1.07. The van der Waals surface area contributed by atoms with Crippen molar-refractivity contribution >= 4 is 13.3 Å². The number of rotatable bonds is 4. The second-order valence-corrected chi connectivity index (χ2v) is 5.56. The van der Waals surface area contributed by atoms with Gasteiger partial charge in [0.25, 0.3) is 0 Å². The van der Waals surface area contributed by atoms with Crippen LogP contribution in [0, 0.1) is 5.92 Å². The Kier molecular flexibility index (Phi) is 4.37. The Hall–Kier alpha value is -1.26. The summed E-state index contributed by atoms with van der Waals surface area (Å²) in [7, 11) is 1.93. The molecule has 1 aromatic rings. The molecule has 0 bridgehead atoms. The molecule has 1 heterocycles. The van der Waals surface area contributed by atoms with E-state index in [0.717, 1.165) is 5.46 Å². The topological polar surface area (TPSA) is 44.2 Å². The lowest BCUT2D eigenvalue weighted by atomic mass is 10.00. The minimum absolute atomic E-state index is 0.301. The van der Waals surface area contributed by atoms with Crippen LogP contribution < -0.4 is 14.9 Å². The summed E-state index contributed by atoms with van der Waals surface area (Å²) in [5.41, 5.74) is 0.622. The second kappa shape index (κ2) is 5.38. The molecule has 5 heteroatoms. The van der Waals surface area contributed by atoms with Gasteiger partial charge in [-0.3, -0.25) is 0 Å². The fourth-order valence-electron chi connectivity index (χ4n) is 1.13. The summed E-state index contributed by atoms with van der Waals surface area (Å²) < 4.78 is 11.2. The maximum Gasteiger partial charge on any atom is 0.320 e. The van der Waals surface area contributed by atoms with Gasteiger partial charge in [-0.05, 0) is 32.2 Å². The molecule has 0 radical (unpaired) electrons. The van der Waals surface area contributed by atoms with Crippen molar-refractivity contribution in [2.45, 2.75) is 40.2 Å². The SMILES string of the molecule is Bc1cnc(OC(C)(C)C)nc1OCC(C)C. The fraction of sp³-hybridized carbons (Fsp3) is 0.667. The summed E-state index contributed by atoms with van der Waals surface area (Å²) in [6.45, 7) is 10.7. The third-order valence-electron chi connectivity index (χ3n) is 1.85. The first kappa shape index (κ1) is 13.8. The molecule has 1 rings (SSSR count). The van der Waals surface area contributed by atoms with Crippen molar-refractivity contribution in [3.63, 3.8) is 0 Å². The lowest BCUT2D eigenvalue weighted by Gasteiger charge is -2.20. The minimum atomic E-state index is -0.301. The van der Waals surface area contributed by atoms with E-state index in [-0.39, 0.29) is 5.60 Å². The van der Waals surface area contributed by atoms with E-state index >= 15 is 0 Å². The van der Waals surface area contributed by atoms with Gasteiger partial charge in [0.1, 0.15) is 13.4 Å². The zero-order valence-electron chi connectivity index (χ0n) is 11.6. The van der Waals surface area contributed by atoms with Crippen molar-refractivity contribution in [3.05, 3.63) is 6.20 Å². The van der Waals surface area contributed by atoms with Crippen molar-refractivity contribution in [3.8, 4) is 11.9 Å². The van der Waals surface area contributed by atoms with Gasteiger partial charge in [-0.2, -0.15) is 4.98 Å². The Labute approximate surface area is 104 Å². The molecule has 0 aliphatic carbocycles. The number of nitrogens with zero attached hydrogens (tertiary/aromatic N) is 2. The van der Waals surface area contributed by atoms with Crippen LogP contribution in [-0.4, -0.2) is 30.0 Å². The lowest BCUT2D eigenvalue weighted by molar-refractivity contribution is 0.115. The summed E-state index contributed by atoms with van der Waals surface area (Å²) in [6, 6.07) is 0.363. The van der Waals surface area contributed by atoms with E-state index in [1.807, 2.05) is 28.6 Å². The van der Waals surface area contributed by atoms with E-state index < -0.39 is 0 Å². The van der Waals surface area contributed by atoms with Crippen molar-refractivity contribution in [1.82, 2.24) is 9.97 Å². The van der Waals surface area contributed by atoms with Crippen molar-refractivity contribution < 1.29 is 9.47 Å². The zero-order chi connectivity index (χ0) is 13.1. The Balaban J connectivity index is 2.79. The highest BCUT2D eigenvalue weighted by Crippen LogP contribution is 2.14. The molecular formula is C12H21BN2O2. The van der Waals surface area contributed by atoms with Gasteiger partial charge in [0.15, 0.2) is 0 Å². The Morgan fingerprint density at radius 3 is 2.53 bits per heavy atom. The number of hydrogen-bond donors (Lipinski definition) is 0. The smallest absolute Gasteiger partial charge is 0.320 e. The first-order valence-corrected chi connectivity index (χ1v) is 5.93. The summed E-state index contributed by atoms with van der Waals surface area (Å²) in [6.07, 6.45) is 1.73. The normalized spacial score (nSPS) is 11.6. The summed E-state index contributed by atoms with van der Waals surface area (Å²) in [5, 5.41) is 0. The highest BCUT2D eigenvalue weighted by Gasteiger charge is 2.15. The Morgan fingerprint density at radius 2 is 2.00 bits per heavy atom. The van der Waals surface area contributed by atoms with Crippen LogP contribution in [0.3, 0.4) is 0 Å². The van der Waals surface area contributed by atoms with Crippen molar-refractivity contribution in [2.24, 2.45) is 5.92 Å². The molecule has 0 aromatic carbocycles. The van der Waals surface area contributed by atoms with Crippen LogP contribution in [0.25, 0.3) is 0 Å². The summed E-state index contributed by atoms with van der Waals surface area (Å²) >= 11 is 0. The molecular weight excluding hydrogens is 215 g/mol. The average molecular weight is 236 g/mol. The van der Waals surface area contributed by atoms with Gasteiger partial charge < -0.3 is 9.47 Å². The Morgan fingerprint density at radius 1 is 1.35 bits per heavy atom. The van der Waals surface area contributed by atoms with Gasteiger partial charge in [0, 0.05) is 6.20 Å². The molecule has 0 aliphatic heterocycles. The average Bonchev–Trinajstić information content (AvgIpc) is 2.16. The minimum Gasteiger partial charge on any atom is -0.478 e. The van der Waals surface area contributed by atoms with Crippen LogP contribution in [0.1, 0.15) is 34.6 Å². The standard InChI is InChI=1S/C12H21BN2O2/c1-8(2)7-16-10-9(13)6-14-11(15-10)17-12(3,4)5/h6,8H,7,13H2,1-5H3. The fourth-order valence-corrected chi connectivity index (χ4v) is 1.13. The van der Waals surface area contributed by atoms with Gasteiger partial charge in [0.05, 0.1) is 6.61 Å². The van der Waals surface area contributed by atoms with Gasteiger partial charge in [-0.15, -0.1) is 0 Å². The van der Waals surface area contributed by atoms with Gasteiger partial charge in [-0.1, -0.05) is 13.8 Å². The molecule has 0 spiro atoms. The highest BCUT2D eigenvalue weighted by atomic mass is 16.5. The molecule has 0 unspecified atom stereocenters. The molecule has 4 nitrogen and oxygen atoms in total. The van der Waals surface area contributed by atoms with Crippen molar-refractivity contribution in [1.29, 1.82) is 0 Å². The van der Waals surface area contributed by atoms with Gasteiger partial charge >= 0.3 is 6.01 Å². The van der Waals surface area contributed by atoms with Crippen LogP contribution in [-0.2, 0) is 0 Å². The van der Waals surface area contributed by atoms with Crippen molar-refractivity contribution in [2.75, 3.05) is 6.61 Å². The van der Waals surface area contributed by atoms with E-state index in [0.29, 0.717) is 24.4 Å². The zero-order valence-corrected chi connectivity index (χ0v) is 11.6. The molecule has 94 valence electrons. The van der Waals surface area contributed by atoms with Crippen LogP contribution >= 0.6 is 0 Å². The molecule has 1 aromatic heterocycles.